The number of benzene rings is 1. The van der Waals surface area contributed by atoms with Gasteiger partial charge in [0, 0.05) is 23.2 Å². The summed E-state index contributed by atoms with van der Waals surface area (Å²) in [6, 6.07) is 6.74. The van der Waals surface area contributed by atoms with E-state index in [0.717, 1.165) is 30.8 Å². The molecule has 0 spiro atoms. The molecule has 1 amide bonds. The number of carbonyl (C=O) groups excluding carboxylic acids is 1. The minimum Gasteiger partial charge on any atom is -0.444 e. The van der Waals surface area contributed by atoms with Crippen molar-refractivity contribution in [3.05, 3.63) is 30.1 Å². The summed E-state index contributed by atoms with van der Waals surface area (Å²) in [5, 5.41) is 0.401. The Morgan fingerprint density at radius 2 is 2.00 bits per heavy atom. The standard InChI is InChI=1S/C18H26FNO2S/c1-13(23-16-7-5-6-15(19)12-16)14-8-10-20(11-9-14)17(21)22-18(2,3)4/h5-7,12-14H,8-11H2,1-4H3. The van der Waals surface area contributed by atoms with Crippen LogP contribution in [0.2, 0.25) is 0 Å². The van der Waals surface area contributed by atoms with Gasteiger partial charge in [-0.25, -0.2) is 9.18 Å². The molecule has 5 heteroatoms. The molecule has 128 valence electrons. The van der Waals surface area contributed by atoms with Crippen LogP contribution in [-0.4, -0.2) is 34.9 Å². The number of amides is 1. The molecule has 3 nitrogen and oxygen atoms in total. The Labute approximate surface area is 142 Å². The molecule has 0 N–H and O–H groups in total. The van der Waals surface area contributed by atoms with Gasteiger partial charge in [-0.3, -0.25) is 0 Å². The average molecular weight is 339 g/mol. The highest BCUT2D eigenvalue weighted by molar-refractivity contribution is 8.00. The molecule has 0 bridgehead atoms. The number of ether oxygens (including phenoxy) is 1. The predicted octanol–water partition coefficient (Wildman–Crippen LogP) is 4.95. The van der Waals surface area contributed by atoms with Crippen LogP contribution < -0.4 is 0 Å². The van der Waals surface area contributed by atoms with Crippen LogP contribution in [-0.2, 0) is 4.74 Å². The van der Waals surface area contributed by atoms with Gasteiger partial charge in [0.25, 0.3) is 0 Å². The van der Waals surface area contributed by atoms with Crippen LogP contribution in [0.5, 0.6) is 0 Å². The molecular weight excluding hydrogens is 313 g/mol. The van der Waals surface area contributed by atoms with Crippen LogP contribution >= 0.6 is 11.8 Å². The summed E-state index contributed by atoms with van der Waals surface area (Å²) in [7, 11) is 0. The maximum atomic E-state index is 13.3. The third-order valence-corrected chi connectivity index (χ3v) is 5.26. The van der Waals surface area contributed by atoms with E-state index in [4.69, 9.17) is 4.74 Å². The summed E-state index contributed by atoms with van der Waals surface area (Å²) in [4.78, 5) is 14.8. The van der Waals surface area contributed by atoms with Gasteiger partial charge in [0.2, 0.25) is 0 Å². The first-order valence-electron chi connectivity index (χ1n) is 8.15. The normalized spacial score (nSPS) is 17.9. The third kappa shape index (κ3) is 5.72. The highest BCUT2D eigenvalue weighted by Crippen LogP contribution is 2.33. The molecule has 1 heterocycles. The molecule has 0 aromatic heterocycles. The highest BCUT2D eigenvalue weighted by atomic mass is 32.2. The van der Waals surface area contributed by atoms with E-state index in [2.05, 4.69) is 6.92 Å². The van der Waals surface area contributed by atoms with E-state index in [0.29, 0.717) is 11.2 Å². The number of likely N-dealkylation sites (tertiary alicyclic amines) is 1. The summed E-state index contributed by atoms with van der Waals surface area (Å²) in [5.41, 5.74) is -0.450. The number of hydrogen-bond donors (Lipinski definition) is 0. The van der Waals surface area contributed by atoms with E-state index in [9.17, 15) is 9.18 Å². The Bertz CT molecular complexity index is 536. The maximum absolute atomic E-state index is 13.3. The zero-order valence-electron chi connectivity index (χ0n) is 14.3. The van der Waals surface area contributed by atoms with Gasteiger partial charge in [-0.1, -0.05) is 13.0 Å². The zero-order valence-corrected chi connectivity index (χ0v) is 15.2. The number of thioether (sulfide) groups is 1. The molecule has 1 aliphatic heterocycles. The third-order valence-electron chi connectivity index (χ3n) is 3.97. The molecule has 1 fully saturated rings. The van der Waals surface area contributed by atoms with E-state index in [1.54, 1.807) is 28.8 Å². The number of piperidine rings is 1. The highest BCUT2D eigenvalue weighted by Gasteiger charge is 2.29. The Morgan fingerprint density at radius 3 is 2.57 bits per heavy atom. The van der Waals surface area contributed by atoms with Crippen LogP contribution in [0.25, 0.3) is 0 Å². The molecule has 1 saturated heterocycles. The van der Waals surface area contributed by atoms with Crippen molar-refractivity contribution in [1.29, 1.82) is 0 Å². The first kappa shape index (κ1) is 18.1. The quantitative estimate of drug-likeness (QED) is 0.730. The van der Waals surface area contributed by atoms with Gasteiger partial charge in [0.1, 0.15) is 11.4 Å². The van der Waals surface area contributed by atoms with Crippen molar-refractivity contribution in [2.75, 3.05) is 13.1 Å². The lowest BCUT2D eigenvalue weighted by atomic mass is 9.94. The van der Waals surface area contributed by atoms with E-state index < -0.39 is 5.60 Å². The molecule has 2 rings (SSSR count). The Morgan fingerprint density at radius 1 is 1.35 bits per heavy atom. The Hall–Kier alpha value is -1.23. The molecule has 1 aliphatic rings. The van der Waals surface area contributed by atoms with Gasteiger partial charge in [0.05, 0.1) is 0 Å². The van der Waals surface area contributed by atoms with Gasteiger partial charge in [-0.05, 0) is 57.7 Å². The second kappa shape index (κ2) is 7.56. The summed E-state index contributed by atoms with van der Waals surface area (Å²) in [5.74, 6) is 0.337. The van der Waals surface area contributed by atoms with Gasteiger partial charge < -0.3 is 9.64 Å². The van der Waals surface area contributed by atoms with Crippen molar-refractivity contribution in [3.8, 4) is 0 Å². The molecule has 1 aromatic carbocycles. The van der Waals surface area contributed by atoms with E-state index >= 15 is 0 Å². The first-order valence-corrected chi connectivity index (χ1v) is 9.03. The number of rotatable bonds is 3. The second-order valence-electron chi connectivity index (χ2n) is 7.09. The number of carbonyl (C=O) groups is 1. The SMILES string of the molecule is CC(Sc1cccc(F)c1)C1CCN(C(=O)OC(C)(C)C)CC1. The fourth-order valence-electron chi connectivity index (χ4n) is 2.73. The predicted molar refractivity (Wildman–Crippen MR) is 92.3 cm³/mol. The lowest BCUT2D eigenvalue weighted by molar-refractivity contribution is 0.0184. The lowest BCUT2D eigenvalue weighted by Gasteiger charge is -2.35. The van der Waals surface area contributed by atoms with Gasteiger partial charge in [0.15, 0.2) is 0 Å². The van der Waals surface area contributed by atoms with Crippen LogP contribution in [0.15, 0.2) is 29.2 Å². The van der Waals surface area contributed by atoms with Crippen LogP contribution in [0, 0.1) is 11.7 Å². The van der Waals surface area contributed by atoms with Gasteiger partial charge >= 0.3 is 6.09 Å². The van der Waals surface area contributed by atoms with Crippen molar-refractivity contribution in [2.24, 2.45) is 5.92 Å². The summed E-state index contributed by atoms with van der Waals surface area (Å²) >= 11 is 1.71. The Kier molecular flexibility index (Phi) is 5.95. The summed E-state index contributed by atoms with van der Waals surface area (Å²) in [6.07, 6.45) is 1.70. The van der Waals surface area contributed by atoms with E-state index in [1.165, 1.54) is 6.07 Å². The number of nitrogens with zero attached hydrogens (tertiary/aromatic N) is 1. The topological polar surface area (TPSA) is 29.5 Å². The van der Waals surface area contributed by atoms with Crippen molar-refractivity contribution in [2.45, 2.75) is 56.3 Å². The van der Waals surface area contributed by atoms with Crippen molar-refractivity contribution >= 4 is 17.9 Å². The van der Waals surface area contributed by atoms with E-state index in [-0.39, 0.29) is 11.9 Å². The number of halogens is 1. The minimum absolute atomic E-state index is 0.193. The van der Waals surface area contributed by atoms with Crippen molar-refractivity contribution in [3.63, 3.8) is 0 Å². The molecule has 1 aromatic rings. The molecular formula is C18H26FNO2S. The second-order valence-corrected chi connectivity index (χ2v) is 8.54. The molecule has 0 radical (unpaired) electrons. The van der Waals surface area contributed by atoms with Crippen LogP contribution in [0.4, 0.5) is 9.18 Å². The Balaban J connectivity index is 1.83. The van der Waals surface area contributed by atoms with Crippen LogP contribution in [0.1, 0.15) is 40.5 Å². The molecule has 1 atom stereocenters. The molecule has 0 aliphatic carbocycles. The number of hydrogen-bond acceptors (Lipinski definition) is 3. The van der Waals surface area contributed by atoms with Gasteiger partial charge in [-0.15, -0.1) is 11.8 Å². The lowest BCUT2D eigenvalue weighted by Crippen LogP contribution is -2.43. The summed E-state index contributed by atoms with van der Waals surface area (Å²) < 4.78 is 18.7. The minimum atomic E-state index is -0.450. The van der Waals surface area contributed by atoms with E-state index in [1.807, 2.05) is 26.8 Å². The average Bonchev–Trinajstić information content (AvgIpc) is 2.45. The smallest absolute Gasteiger partial charge is 0.410 e. The van der Waals surface area contributed by atoms with Gasteiger partial charge in [-0.2, -0.15) is 0 Å². The maximum Gasteiger partial charge on any atom is 0.410 e. The molecule has 1 unspecified atom stereocenters. The molecule has 23 heavy (non-hydrogen) atoms. The molecule has 0 saturated carbocycles. The summed E-state index contributed by atoms with van der Waals surface area (Å²) in [6.45, 7) is 9.30. The monoisotopic (exact) mass is 339 g/mol. The first-order chi connectivity index (χ1) is 10.7. The van der Waals surface area contributed by atoms with Crippen molar-refractivity contribution in [1.82, 2.24) is 4.90 Å². The van der Waals surface area contributed by atoms with Crippen LogP contribution in [0.3, 0.4) is 0 Å². The fraction of sp³-hybridized carbons (Fsp3) is 0.611. The largest absolute Gasteiger partial charge is 0.444 e. The van der Waals surface area contributed by atoms with Crippen molar-refractivity contribution < 1.29 is 13.9 Å². The fourth-order valence-corrected chi connectivity index (χ4v) is 3.96. The zero-order chi connectivity index (χ0) is 17.0.